The van der Waals surface area contributed by atoms with E-state index in [1.807, 2.05) is 24.8 Å². The van der Waals surface area contributed by atoms with Crippen molar-refractivity contribution in [2.24, 2.45) is 0 Å². The largest absolute Gasteiger partial charge is 0.378 e. The Bertz CT molecular complexity index is 1230. The van der Waals surface area contributed by atoms with Gasteiger partial charge in [-0.1, -0.05) is 23.5 Å². The van der Waals surface area contributed by atoms with Crippen LogP contribution >= 0.6 is 11.3 Å². The zero-order chi connectivity index (χ0) is 24.5. The molecule has 1 aromatic heterocycles. The van der Waals surface area contributed by atoms with E-state index >= 15 is 0 Å². The molecule has 10 heteroatoms. The number of nitrogens with zero attached hydrogens (tertiary/aromatic N) is 4. The minimum Gasteiger partial charge on any atom is -0.378 e. The van der Waals surface area contributed by atoms with Gasteiger partial charge in [0.2, 0.25) is 0 Å². The molecule has 0 saturated carbocycles. The number of carbonyl (C=O) groups is 1. The maximum absolute atomic E-state index is 13.8. The van der Waals surface area contributed by atoms with Crippen LogP contribution in [0.15, 0.2) is 30.3 Å². The normalized spacial score (nSPS) is 18.2. The van der Waals surface area contributed by atoms with Crippen LogP contribution in [0.3, 0.4) is 0 Å². The van der Waals surface area contributed by atoms with Crippen LogP contribution in [-0.2, 0) is 9.47 Å². The molecule has 0 spiro atoms. The molecule has 1 unspecified atom stereocenters. The van der Waals surface area contributed by atoms with E-state index in [0.717, 1.165) is 34.2 Å². The third-order valence-corrected chi connectivity index (χ3v) is 7.80. The minimum absolute atomic E-state index is 0.0780. The zero-order valence-corrected chi connectivity index (χ0v) is 20.7. The molecule has 184 valence electrons. The molecule has 9 nitrogen and oxygen atoms in total. The summed E-state index contributed by atoms with van der Waals surface area (Å²) in [6.07, 6.45) is 1.73. The first-order valence-electron chi connectivity index (χ1n) is 11.8. The fourth-order valence-electron chi connectivity index (χ4n) is 4.63. The lowest BCUT2D eigenvalue weighted by Gasteiger charge is -2.28. The van der Waals surface area contributed by atoms with Gasteiger partial charge < -0.3 is 14.4 Å². The van der Waals surface area contributed by atoms with Gasteiger partial charge in [0, 0.05) is 31.3 Å². The zero-order valence-electron chi connectivity index (χ0n) is 19.9. The average molecular weight is 497 g/mol. The number of carbonyl (C=O) groups excluding carboxylic acids is 1. The van der Waals surface area contributed by atoms with E-state index in [-0.39, 0.29) is 23.3 Å². The summed E-state index contributed by atoms with van der Waals surface area (Å²) in [5, 5.41) is 12.5. The molecule has 0 radical (unpaired) electrons. The summed E-state index contributed by atoms with van der Waals surface area (Å²) in [6.45, 7) is 7.25. The molecule has 2 saturated heterocycles. The number of hydrogen-bond acceptors (Lipinski definition) is 8. The Morgan fingerprint density at radius 1 is 1.20 bits per heavy atom. The van der Waals surface area contributed by atoms with Crippen LogP contribution in [0.1, 0.15) is 34.3 Å². The van der Waals surface area contributed by atoms with Crippen LogP contribution < -0.4 is 9.80 Å². The molecule has 2 aliphatic heterocycles. The molecule has 2 fully saturated rings. The van der Waals surface area contributed by atoms with Gasteiger partial charge in [-0.15, -0.1) is 0 Å². The molecule has 1 amide bonds. The maximum Gasteiger partial charge on any atom is 0.293 e. The number of anilines is 2. The van der Waals surface area contributed by atoms with Crippen molar-refractivity contribution >= 4 is 44.0 Å². The van der Waals surface area contributed by atoms with Gasteiger partial charge in [-0.05, 0) is 49.9 Å². The lowest BCUT2D eigenvalue weighted by atomic mass is 10.1. The first-order valence-corrected chi connectivity index (χ1v) is 12.7. The Kier molecular flexibility index (Phi) is 6.68. The summed E-state index contributed by atoms with van der Waals surface area (Å²) in [4.78, 5) is 33.7. The Labute approximate surface area is 207 Å². The van der Waals surface area contributed by atoms with Crippen molar-refractivity contribution in [1.29, 1.82) is 0 Å². The SMILES string of the molecule is Cc1ccc(C)c2sc(N(CC3CCCO3)C(=O)c3ccc(N4CCOCC4)c([N+](=O)[O-])c3)nc12. The van der Waals surface area contributed by atoms with E-state index < -0.39 is 4.92 Å². The molecule has 0 aliphatic carbocycles. The van der Waals surface area contributed by atoms with Gasteiger partial charge >= 0.3 is 0 Å². The van der Waals surface area contributed by atoms with E-state index in [9.17, 15) is 14.9 Å². The number of aryl methyl sites for hydroxylation is 2. The molecular weight excluding hydrogens is 468 g/mol. The van der Waals surface area contributed by atoms with Crippen LogP contribution in [0, 0.1) is 24.0 Å². The number of aromatic nitrogens is 1. The number of amides is 1. The van der Waals surface area contributed by atoms with Gasteiger partial charge in [-0.25, -0.2) is 4.98 Å². The standard InChI is InChI=1S/C25H28N4O5S/c1-16-5-6-17(2)23-22(16)26-25(35-23)28(15-19-4-3-11-34-19)24(30)18-7-8-20(21(14-18)29(31)32)27-9-12-33-13-10-27/h5-8,14,19H,3-4,9-13,15H2,1-2H3. The average Bonchev–Trinajstić information content (AvgIpc) is 3.55. The first-order chi connectivity index (χ1) is 16.9. The van der Waals surface area contributed by atoms with E-state index in [4.69, 9.17) is 14.5 Å². The summed E-state index contributed by atoms with van der Waals surface area (Å²) < 4.78 is 12.2. The molecule has 3 aromatic rings. The molecule has 35 heavy (non-hydrogen) atoms. The van der Waals surface area contributed by atoms with Crippen LogP contribution in [0.25, 0.3) is 10.2 Å². The summed E-state index contributed by atoms with van der Waals surface area (Å²) in [5.74, 6) is -0.313. The number of morpholine rings is 1. The molecule has 2 aliphatic rings. The van der Waals surface area contributed by atoms with E-state index in [1.165, 1.54) is 17.4 Å². The van der Waals surface area contributed by atoms with Crippen LogP contribution in [0.2, 0.25) is 0 Å². The summed E-state index contributed by atoms with van der Waals surface area (Å²) in [6, 6.07) is 8.82. The topological polar surface area (TPSA) is 98.0 Å². The lowest BCUT2D eigenvalue weighted by Crippen LogP contribution is -2.38. The van der Waals surface area contributed by atoms with Crippen LogP contribution in [-0.4, -0.2) is 61.4 Å². The van der Waals surface area contributed by atoms with Gasteiger partial charge in [-0.3, -0.25) is 19.8 Å². The molecule has 0 bridgehead atoms. The number of thiazole rings is 1. The number of fused-ring (bicyclic) bond motifs is 1. The van der Waals surface area contributed by atoms with Crippen molar-refractivity contribution in [3.63, 3.8) is 0 Å². The lowest BCUT2D eigenvalue weighted by molar-refractivity contribution is -0.384. The van der Waals surface area contributed by atoms with Gasteiger partial charge in [0.1, 0.15) is 5.69 Å². The highest BCUT2D eigenvalue weighted by Gasteiger charge is 2.30. The van der Waals surface area contributed by atoms with E-state index in [2.05, 4.69) is 6.07 Å². The van der Waals surface area contributed by atoms with E-state index in [0.29, 0.717) is 50.3 Å². The summed E-state index contributed by atoms with van der Waals surface area (Å²) >= 11 is 1.47. The number of rotatable bonds is 6. The monoisotopic (exact) mass is 496 g/mol. The third kappa shape index (κ3) is 4.73. The van der Waals surface area contributed by atoms with Gasteiger partial charge in [0.15, 0.2) is 5.13 Å². The number of benzene rings is 2. The highest BCUT2D eigenvalue weighted by Crippen LogP contribution is 2.36. The molecule has 5 rings (SSSR count). The molecule has 3 heterocycles. The van der Waals surface area contributed by atoms with Crippen LogP contribution in [0.5, 0.6) is 0 Å². The Hall–Kier alpha value is -3.08. The minimum atomic E-state index is -0.420. The Morgan fingerprint density at radius 2 is 1.97 bits per heavy atom. The molecular formula is C25H28N4O5S. The number of hydrogen-bond donors (Lipinski definition) is 0. The predicted molar refractivity (Wildman–Crippen MR) is 136 cm³/mol. The van der Waals surface area contributed by atoms with Crippen molar-refractivity contribution in [2.45, 2.75) is 32.8 Å². The maximum atomic E-state index is 13.8. The highest BCUT2D eigenvalue weighted by molar-refractivity contribution is 7.22. The van der Waals surface area contributed by atoms with Crippen molar-refractivity contribution < 1.29 is 19.2 Å². The predicted octanol–water partition coefficient (Wildman–Crippen LogP) is 4.48. The van der Waals surface area contributed by atoms with Gasteiger partial charge in [-0.2, -0.15) is 0 Å². The van der Waals surface area contributed by atoms with Gasteiger partial charge in [0.25, 0.3) is 11.6 Å². The second-order valence-electron chi connectivity index (χ2n) is 8.98. The Morgan fingerprint density at radius 3 is 2.66 bits per heavy atom. The van der Waals surface area contributed by atoms with Crippen molar-refractivity contribution in [3.8, 4) is 0 Å². The second-order valence-corrected chi connectivity index (χ2v) is 9.96. The molecule has 0 N–H and O–H groups in total. The van der Waals surface area contributed by atoms with Crippen molar-refractivity contribution in [3.05, 3.63) is 57.1 Å². The fraction of sp³-hybridized carbons (Fsp3) is 0.440. The number of nitro groups is 1. The highest BCUT2D eigenvalue weighted by atomic mass is 32.1. The number of nitro benzene ring substituents is 1. The first kappa shape index (κ1) is 23.7. The summed E-state index contributed by atoms with van der Waals surface area (Å²) in [7, 11) is 0. The molecule has 2 aromatic carbocycles. The third-order valence-electron chi connectivity index (χ3n) is 6.59. The second kappa shape index (κ2) is 9.88. The van der Waals surface area contributed by atoms with Gasteiger partial charge in [0.05, 0.1) is 41.0 Å². The van der Waals surface area contributed by atoms with Crippen molar-refractivity contribution in [1.82, 2.24) is 4.98 Å². The quantitative estimate of drug-likeness (QED) is 0.366. The number of ether oxygens (including phenoxy) is 2. The Balaban J connectivity index is 1.53. The smallest absolute Gasteiger partial charge is 0.293 e. The molecule has 1 atom stereocenters. The summed E-state index contributed by atoms with van der Waals surface area (Å²) in [5.41, 5.74) is 3.72. The van der Waals surface area contributed by atoms with E-state index in [1.54, 1.807) is 17.0 Å². The van der Waals surface area contributed by atoms with Crippen LogP contribution in [0.4, 0.5) is 16.5 Å². The van der Waals surface area contributed by atoms with Crippen molar-refractivity contribution in [2.75, 3.05) is 49.3 Å². The fourth-order valence-corrected chi connectivity index (χ4v) is 5.75.